The molecule has 3 rings (SSSR count). The molecule has 0 atom stereocenters. The van der Waals surface area contributed by atoms with E-state index >= 15 is 0 Å². The Labute approximate surface area is 146 Å². The summed E-state index contributed by atoms with van der Waals surface area (Å²) in [5.74, 6) is -1.48. The molecule has 0 saturated heterocycles. The third-order valence-corrected chi connectivity index (χ3v) is 3.73. The molecular weight excluding hydrogens is 347 g/mol. The fourth-order valence-corrected chi connectivity index (χ4v) is 2.56. The number of carbonyl (C=O) groups excluding carboxylic acids is 1. The van der Waals surface area contributed by atoms with Gasteiger partial charge < -0.3 is 10.4 Å². The summed E-state index contributed by atoms with van der Waals surface area (Å²) in [6, 6.07) is 10.3. The van der Waals surface area contributed by atoms with Gasteiger partial charge in [-0.3, -0.25) is 9.36 Å². The predicted molar refractivity (Wildman–Crippen MR) is 90.8 cm³/mol. The van der Waals surface area contributed by atoms with Crippen LogP contribution in [0.1, 0.15) is 11.4 Å². The third-order valence-electron chi connectivity index (χ3n) is 3.73. The number of hydrogen-bond donors (Lipinski definition) is 2. The maximum atomic E-state index is 13.5. The molecule has 2 N–H and O–H groups in total. The van der Waals surface area contributed by atoms with E-state index in [0.717, 1.165) is 10.6 Å². The maximum Gasteiger partial charge on any atom is 0.450 e. The molecule has 8 heteroatoms. The molecule has 0 radical (unpaired) electrons. The van der Waals surface area contributed by atoms with Crippen molar-refractivity contribution in [3.8, 4) is 5.69 Å². The van der Waals surface area contributed by atoms with Crippen LogP contribution in [-0.4, -0.2) is 20.6 Å². The molecule has 0 aliphatic rings. The first-order chi connectivity index (χ1) is 12.3. The number of alkyl halides is 3. The average molecular weight is 361 g/mol. The number of amides is 1. The van der Waals surface area contributed by atoms with E-state index in [0.29, 0.717) is 11.3 Å². The Morgan fingerprint density at radius 3 is 2.50 bits per heavy atom. The number of halogens is 3. The molecule has 0 aliphatic heterocycles. The fourth-order valence-electron chi connectivity index (χ4n) is 2.56. The molecule has 5 nitrogen and oxygen atoms in total. The second-order valence-corrected chi connectivity index (χ2v) is 5.49. The van der Waals surface area contributed by atoms with E-state index in [1.807, 2.05) is 0 Å². The van der Waals surface area contributed by atoms with Crippen molar-refractivity contribution in [2.75, 3.05) is 5.32 Å². The average Bonchev–Trinajstić information content (AvgIpc) is 3.01. The molecule has 0 unspecified atom stereocenters. The van der Waals surface area contributed by atoms with Crippen LogP contribution in [0.5, 0.6) is 0 Å². The summed E-state index contributed by atoms with van der Waals surface area (Å²) in [5.41, 5.74) is 1.54. The zero-order valence-corrected chi connectivity index (χ0v) is 13.4. The minimum atomic E-state index is -4.66. The van der Waals surface area contributed by atoms with Gasteiger partial charge in [-0.2, -0.15) is 13.2 Å². The normalized spacial score (nSPS) is 11.5. The van der Waals surface area contributed by atoms with Gasteiger partial charge in [0.15, 0.2) is 0 Å². The predicted octanol–water partition coefficient (Wildman–Crippen LogP) is 3.66. The lowest BCUT2D eigenvalue weighted by Gasteiger charge is -2.12. The summed E-state index contributed by atoms with van der Waals surface area (Å²) in [6.07, 6.45) is -3.56. The summed E-state index contributed by atoms with van der Waals surface area (Å²) in [6.45, 7) is 3.04. The molecule has 0 spiro atoms. The molecule has 3 aromatic rings. The largest absolute Gasteiger partial charge is 0.450 e. The van der Waals surface area contributed by atoms with E-state index in [-0.39, 0.29) is 23.3 Å². The van der Waals surface area contributed by atoms with Crippen molar-refractivity contribution in [3.05, 3.63) is 66.5 Å². The zero-order chi connectivity index (χ0) is 18.9. The Hall–Kier alpha value is -3.13. The Bertz CT molecular complexity index is 976. The molecule has 0 bridgehead atoms. The standard InChI is InChI=1S/C18H14F3N3O2/c1-2-16(26)22-12-4-6-13(7-5-12)24-15-8-3-11(10-25)9-14(15)23-17(24)18(19,20)21/h2-9,25H,1,10H2,(H,22,26). The highest BCUT2D eigenvalue weighted by Gasteiger charge is 2.38. The number of nitrogens with zero attached hydrogens (tertiary/aromatic N) is 2. The molecule has 0 fully saturated rings. The minimum Gasteiger partial charge on any atom is -0.392 e. The summed E-state index contributed by atoms with van der Waals surface area (Å²) in [4.78, 5) is 15.0. The van der Waals surface area contributed by atoms with E-state index in [9.17, 15) is 23.1 Å². The number of anilines is 1. The zero-order valence-electron chi connectivity index (χ0n) is 13.4. The number of aromatic nitrogens is 2. The highest BCUT2D eigenvalue weighted by Crippen LogP contribution is 2.34. The Balaban J connectivity index is 2.13. The van der Waals surface area contributed by atoms with Crippen molar-refractivity contribution in [1.29, 1.82) is 0 Å². The van der Waals surface area contributed by atoms with Gasteiger partial charge in [0.1, 0.15) is 0 Å². The molecule has 0 aliphatic carbocycles. The quantitative estimate of drug-likeness (QED) is 0.697. The Morgan fingerprint density at radius 2 is 1.92 bits per heavy atom. The lowest BCUT2D eigenvalue weighted by molar-refractivity contribution is -0.145. The first-order valence-electron chi connectivity index (χ1n) is 7.57. The van der Waals surface area contributed by atoms with Crippen LogP contribution >= 0.6 is 0 Å². The minimum absolute atomic E-state index is 0.132. The van der Waals surface area contributed by atoms with E-state index < -0.39 is 17.9 Å². The lowest BCUT2D eigenvalue weighted by Crippen LogP contribution is -2.14. The van der Waals surface area contributed by atoms with E-state index in [4.69, 9.17) is 0 Å². The summed E-state index contributed by atoms with van der Waals surface area (Å²) >= 11 is 0. The van der Waals surface area contributed by atoms with E-state index in [1.165, 1.54) is 36.4 Å². The van der Waals surface area contributed by atoms with Gasteiger partial charge in [0, 0.05) is 11.4 Å². The van der Waals surface area contributed by atoms with Crippen molar-refractivity contribution in [1.82, 2.24) is 9.55 Å². The monoisotopic (exact) mass is 361 g/mol. The number of benzene rings is 2. The molecule has 1 heterocycles. The van der Waals surface area contributed by atoms with Gasteiger partial charge in [0.05, 0.1) is 17.6 Å². The van der Waals surface area contributed by atoms with Crippen molar-refractivity contribution < 1.29 is 23.1 Å². The summed E-state index contributed by atoms with van der Waals surface area (Å²) < 4.78 is 41.3. The van der Waals surface area contributed by atoms with Crippen LogP contribution in [0.4, 0.5) is 18.9 Å². The number of aliphatic hydroxyl groups is 1. The van der Waals surface area contributed by atoms with Crippen LogP contribution in [0.2, 0.25) is 0 Å². The van der Waals surface area contributed by atoms with Gasteiger partial charge >= 0.3 is 6.18 Å². The lowest BCUT2D eigenvalue weighted by atomic mass is 10.2. The molecule has 2 aromatic carbocycles. The molecule has 134 valence electrons. The molecule has 1 amide bonds. The van der Waals surface area contributed by atoms with Crippen LogP contribution in [-0.2, 0) is 17.6 Å². The molecule has 1 aromatic heterocycles. The molecular formula is C18H14F3N3O2. The van der Waals surface area contributed by atoms with Crippen LogP contribution in [0.3, 0.4) is 0 Å². The SMILES string of the molecule is C=CC(=O)Nc1ccc(-n2c(C(F)(F)F)nc3cc(CO)ccc32)cc1. The first-order valence-corrected chi connectivity index (χ1v) is 7.57. The fraction of sp³-hybridized carbons (Fsp3) is 0.111. The van der Waals surface area contributed by atoms with Gasteiger partial charge in [0.2, 0.25) is 11.7 Å². The van der Waals surface area contributed by atoms with Gasteiger partial charge in [-0.05, 0) is 48.0 Å². The van der Waals surface area contributed by atoms with Crippen molar-refractivity contribution in [2.24, 2.45) is 0 Å². The summed E-state index contributed by atoms with van der Waals surface area (Å²) in [7, 11) is 0. The second-order valence-electron chi connectivity index (χ2n) is 5.49. The third kappa shape index (κ3) is 3.31. The summed E-state index contributed by atoms with van der Waals surface area (Å²) in [5, 5.41) is 11.7. The Morgan fingerprint density at radius 1 is 1.23 bits per heavy atom. The van der Waals surface area contributed by atoms with E-state index in [2.05, 4.69) is 16.9 Å². The van der Waals surface area contributed by atoms with Gasteiger partial charge in [-0.15, -0.1) is 0 Å². The number of imidazole rings is 1. The highest BCUT2D eigenvalue weighted by atomic mass is 19.4. The van der Waals surface area contributed by atoms with Crippen molar-refractivity contribution in [2.45, 2.75) is 12.8 Å². The van der Waals surface area contributed by atoms with Crippen molar-refractivity contribution in [3.63, 3.8) is 0 Å². The van der Waals surface area contributed by atoms with Crippen LogP contribution in [0.15, 0.2) is 55.1 Å². The van der Waals surface area contributed by atoms with Crippen LogP contribution in [0, 0.1) is 0 Å². The Kier molecular flexibility index (Phi) is 4.52. The van der Waals surface area contributed by atoms with Gasteiger partial charge in [-0.25, -0.2) is 4.98 Å². The van der Waals surface area contributed by atoms with Crippen molar-refractivity contribution >= 4 is 22.6 Å². The topological polar surface area (TPSA) is 67.2 Å². The van der Waals surface area contributed by atoms with Crippen LogP contribution < -0.4 is 5.32 Å². The van der Waals surface area contributed by atoms with Gasteiger partial charge in [0.25, 0.3) is 0 Å². The maximum absolute atomic E-state index is 13.5. The number of fused-ring (bicyclic) bond motifs is 1. The number of rotatable bonds is 4. The molecule has 26 heavy (non-hydrogen) atoms. The van der Waals surface area contributed by atoms with Gasteiger partial charge in [-0.1, -0.05) is 12.6 Å². The first kappa shape index (κ1) is 17.7. The molecule has 0 saturated carbocycles. The highest BCUT2D eigenvalue weighted by molar-refractivity contribution is 5.98. The number of hydrogen-bond acceptors (Lipinski definition) is 3. The van der Waals surface area contributed by atoms with E-state index in [1.54, 1.807) is 6.07 Å². The second kappa shape index (κ2) is 6.64. The number of carbonyl (C=O) groups is 1. The smallest absolute Gasteiger partial charge is 0.392 e. The number of aliphatic hydroxyl groups excluding tert-OH is 1. The number of nitrogens with one attached hydrogen (secondary N) is 1. The van der Waals surface area contributed by atoms with Crippen LogP contribution in [0.25, 0.3) is 16.7 Å².